The molecule has 0 saturated heterocycles. The van der Waals surface area contributed by atoms with Crippen molar-refractivity contribution in [3.63, 3.8) is 0 Å². The first-order valence-corrected chi connectivity index (χ1v) is 3.92. The zero-order chi connectivity index (χ0) is 7.82. The Hall–Kier alpha value is -0.520. The molecule has 0 nitrogen and oxygen atoms in total. The lowest BCUT2D eigenvalue weighted by atomic mass is 10.1. The molecule has 1 radical (unpaired) electrons. The second kappa shape index (κ2) is 6.60. The van der Waals surface area contributed by atoms with Gasteiger partial charge in [0.1, 0.15) is 0 Å². The number of allylic oxidation sites excluding steroid dienone is 3. The molecule has 1 unspecified atom stereocenters. The molecule has 0 spiro atoms. The highest BCUT2D eigenvalue weighted by molar-refractivity contribution is 4.92. The molecule has 0 aliphatic carbocycles. The number of rotatable bonds is 5. The summed E-state index contributed by atoms with van der Waals surface area (Å²) in [7, 11) is 0. The van der Waals surface area contributed by atoms with E-state index in [9.17, 15) is 0 Å². The summed E-state index contributed by atoms with van der Waals surface area (Å²) in [6.07, 6.45) is 9.64. The Morgan fingerprint density at radius 2 is 2.20 bits per heavy atom. The summed E-state index contributed by atoms with van der Waals surface area (Å²) < 4.78 is 0. The van der Waals surface area contributed by atoms with Crippen LogP contribution in [0.15, 0.2) is 24.8 Å². The van der Waals surface area contributed by atoms with Crippen LogP contribution in [0.25, 0.3) is 0 Å². The zero-order valence-corrected chi connectivity index (χ0v) is 6.84. The lowest BCUT2D eigenvalue weighted by molar-refractivity contribution is 0.818. The van der Waals surface area contributed by atoms with Crippen LogP contribution < -0.4 is 0 Å². The molecule has 0 aliphatic heterocycles. The van der Waals surface area contributed by atoms with Crippen LogP contribution in [-0.4, -0.2) is 0 Å². The largest absolute Gasteiger partial charge is 0.103 e. The van der Waals surface area contributed by atoms with Crippen molar-refractivity contribution in [1.82, 2.24) is 0 Å². The van der Waals surface area contributed by atoms with Crippen LogP contribution in [0.4, 0.5) is 0 Å². The number of unbranched alkanes of at least 4 members (excludes halogenated alkanes) is 1. The van der Waals surface area contributed by atoms with Crippen molar-refractivity contribution < 1.29 is 0 Å². The van der Waals surface area contributed by atoms with E-state index in [4.69, 9.17) is 0 Å². The van der Waals surface area contributed by atoms with Crippen LogP contribution in [0.1, 0.15) is 26.2 Å². The van der Waals surface area contributed by atoms with Gasteiger partial charge >= 0.3 is 0 Å². The second-order valence-electron chi connectivity index (χ2n) is 2.50. The van der Waals surface area contributed by atoms with Gasteiger partial charge in [-0.25, -0.2) is 0 Å². The average Bonchev–Trinajstić information content (AvgIpc) is 1.89. The molecule has 0 heteroatoms. The van der Waals surface area contributed by atoms with Gasteiger partial charge in [0.15, 0.2) is 0 Å². The Labute approximate surface area is 64.6 Å². The van der Waals surface area contributed by atoms with Crippen LogP contribution in [0.5, 0.6) is 0 Å². The molecule has 10 heavy (non-hydrogen) atoms. The molecule has 0 aromatic heterocycles. The summed E-state index contributed by atoms with van der Waals surface area (Å²) in [6, 6.07) is 0. The highest BCUT2D eigenvalue weighted by atomic mass is 14.0. The van der Waals surface area contributed by atoms with Gasteiger partial charge < -0.3 is 0 Å². The Balaban J connectivity index is 3.34. The summed E-state index contributed by atoms with van der Waals surface area (Å²) in [5.74, 6) is 0.420. The van der Waals surface area contributed by atoms with Crippen molar-refractivity contribution in [3.05, 3.63) is 31.7 Å². The van der Waals surface area contributed by atoms with Crippen molar-refractivity contribution >= 4 is 0 Å². The van der Waals surface area contributed by atoms with Gasteiger partial charge in [-0.1, -0.05) is 31.6 Å². The summed E-state index contributed by atoms with van der Waals surface area (Å²) >= 11 is 0. The van der Waals surface area contributed by atoms with E-state index in [0.29, 0.717) is 5.92 Å². The molecule has 0 heterocycles. The maximum Gasteiger partial charge on any atom is -0.0199 e. The number of hydrogen-bond acceptors (Lipinski definition) is 0. The van der Waals surface area contributed by atoms with Gasteiger partial charge in [-0.3, -0.25) is 0 Å². The van der Waals surface area contributed by atoms with Gasteiger partial charge in [-0.2, -0.15) is 0 Å². The molecule has 1 atom stereocenters. The lowest BCUT2D eigenvalue weighted by Crippen LogP contribution is -1.85. The lowest BCUT2D eigenvalue weighted by Gasteiger charge is -1.98. The van der Waals surface area contributed by atoms with Crippen molar-refractivity contribution in [1.29, 1.82) is 0 Å². The van der Waals surface area contributed by atoms with Crippen LogP contribution in [0, 0.1) is 12.8 Å². The molecular formula is C10H17. The highest BCUT2D eigenvalue weighted by Crippen LogP contribution is 2.04. The molecule has 0 amide bonds. The minimum Gasteiger partial charge on any atom is -0.103 e. The summed E-state index contributed by atoms with van der Waals surface area (Å²) in [6.45, 7) is 9.77. The fourth-order valence-corrected chi connectivity index (χ4v) is 0.748. The minimum absolute atomic E-state index is 0.420. The van der Waals surface area contributed by atoms with Crippen molar-refractivity contribution in [2.75, 3.05) is 0 Å². The number of hydrogen-bond donors (Lipinski definition) is 0. The summed E-state index contributed by atoms with van der Waals surface area (Å²) in [4.78, 5) is 0. The van der Waals surface area contributed by atoms with Crippen molar-refractivity contribution in [2.24, 2.45) is 5.92 Å². The third-order valence-corrected chi connectivity index (χ3v) is 1.33. The van der Waals surface area contributed by atoms with Gasteiger partial charge in [-0.15, -0.1) is 6.58 Å². The average molecular weight is 137 g/mol. The quantitative estimate of drug-likeness (QED) is 0.510. The molecule has 0 saturated carbocycles. The first-order valence-electron chi connectivity index (χ1n) is 3.92. The van der Waals surface area contributed by atoms with Crippen molar-refractivity contribution in [3.8, 4) is 0 Å². The van der Waals surface area contributed by atoms with E-state index in [1.165, 1.54) is 12.8 Å². The molecule has 0 aromatic carbocycles. The molecule has 0 fully saturated rings. The van der Waals surface area contributed by atoms with E-state index in [2.05, 4.69) is 32.6 Å². The third kappa shape index (κ3) is 5.61. The Morgan fingerprint density at radius 3 is 2.70 bits per heavy atom. The fourth-order valence-electron chi connectivity index (χ4n) is 0.748. The Kier molecular flexibility index (Phi) is 6.25. The Morgan fingerprint density at radius 1 is 1.50 bits per heavy atom. The molecule has 0 bridgehead atoms. The SMILES string of the molecule is [CH2]C(/C=C\CCC)CC=C. The maximum atomic E-state index is 3.94. The molecule has 0 aromatic rings. The fraction of sp³-hybridized carbons (Fsp3) is 0.500. The second-order valence-corrected chi connectivity index (χ2v) is 2.50. The molecule has 57 valence electrons. The standard InChI is InChI=1S/C10H17/c1-4-6-7-9-10(3)8-5-2/h5,7,9-10H,2-4,6,8H2,1H3/b9-7-. The normalized spacial score (nSPS) is 13.8. The van der Waals surface area contributed by atoms with Crippen LogP contribution >= 0.6 is 0 Å². The van der Waals surface area contributed by atoms with Gasteiger partial charge in [0.25, 0.3) is 0 Å². The van der Waals surface area contributed by atoms with E-state index in [0.717, 1.165) is 6.42 Å². The van der Waals surface area contributed by atoms with Gasteiger partial charge in [0, 0.05) is 0 Å². The van der Waals surface area contributed by atoms with Crippen LogP contribution in [0.3, 0.4) is 0 Å². The first-order chi connectivity index (χ1) is 4.81. The molecule has 0 aliphatic rings. The van der Waals surface area contributed by atoms with Gasteiger partial charge in [-0.05, 0) is 25.7 Å². The highest BCUT2D eigenvalue weighted by Gasteiger charge is 1.89. The minimum atomic E-state index is 0.420. The van der Waals surface area contributed by atoms with E-state index >= 15 is 0 Å². The molecular weight excluding hydrogens is 120 g/mol. The van der Waals surface area contributed by atoms with Crippen LogP contribution in [0.2, 0.25) is 0 Å². The summed E-state index contributed by atoms with van der Waals surface area (Å²) in [5, 5.41) is 0. The first kappa shape index (κ1) is 9.48. The zero-order valence-electron chi connectivity index (χ0n) is 6.84. The van der Waals surface area contributed by atoms with Gasteiger partial charge in [0.05, 0.1) is 0 Å². The maximum absolute atomic E-state index is 3.94. The monoisotopic (exact) mass is 137 g/mol. The predicted octanol–water partition coefficient (Wildman–Crippen LogP) is 3.37. The predicted molar refractivity (Wildman–Crippen MR) is 47.7 cm³/mol. The third-order valence-electron chi connectivity index (χ3n) is 1.33. The van der Waals surface area contributed by atoms with E-state index in [1.54, 1.807) is 0 Å². The van der Waals surface area contributed by atoms with Crippen molar-refractivity contribution in [2.45, 2.75) is 26.2 Å². The molecule has 0 rings (SSSR count). The molecule has 0 N–H and O–H groups in total. The smallest absolute Gasteiger partial charge is 0.0199 e. The summed E-state index contributed by atoms with van der Waals surface area (Å²) in [5.41, 5.74) is 0. The topological polar surface area (TPSA) is 0 Å². The van der Waals surface area contributed by atoms with E-state index < -0.39 is 0 Å². The van der Waals surface area contributed by atoms with E-state index in [-0.39, 0.29) is 0 Å². The Bertz CT molecular complexity index is 101. The van der Waals surface area contributed by atoms with E-state index in [1.807, 2.05) is 6.08 Å². The van der Waals surface area contributed by atoms with Crippen LogP contribution in [-0.2, 0) is 0 Å². The van der Waals surface area contributed by atoms with Gasteiger partial charge in [0.2, 0.25) is 0 Å².